The van der Waals surface area contributed by atoms with Gasteiger partial charge in [-0.15, -0.1) is 0 Å². The zero-order valence-electron chi connectivity index (χ0n) is 11.6. The maximum Gasteiger partial charge on any atom is 0.163 e. The van der Waals surface area contributed by atoms with E-state index in [1.165, 1.54) is 16.8 Å². The number of rotatable bonds is 4. The Labute approximate surface area is 124 Å². The maximum absolute atomic E-state index is 13.8. The summed E-state index contributed by atoms with van der Waals surface area (Å²) in [5.41, 5.74) is 6.73. The van der Waals surface area contributed by atoms with Gasteiger partial charge in [-0.05, 0) is 18.2 Å². The molecule has 0 amide bonds. The van der Waals surface area contributed by atoms with Gasteiger partial charge in [-0.1, -0.05) is 12.1 Å². The first-order valence-corrected chi connectivity index (χ1v) is 6.64. The van der Waals surface area contributed by atoms with Crippen molar-refractivity contribution in [2.24, 2.45) is 5.73 Å². The van der Waals surface area contributed by atoms with E-state index in [2.05, 4.69) is 10.1 Å². The Hall–Kier alpha value is -2.67. The molecule has 2 aromatic heterocycles. The van der Waals surface area contributed by atoms with E-state index in [1.54, 1.807) is 18.3 Å². The predicted molar refractivity (Wildman–Crippen MR) is 78.9 cm³/mol. The first-order chi connectivity index (χ1) is 10.6. The molecule has 0 saturated heterocycles. The number of nitrogens with zero attached hydrogens (tertiary/aromatic N) is 3. The van der Waals surface area contributed by atoms with Gasteiger partial charge in [0, 0.05) is 23.7 Å². The fraction of sp³-hybridized carbons (Fsp3) is 0.133. The summed E-state index contributed by atoms with van der Waals surface area (Å²) in [4.78, 5) is 4.21. The van der Waals surface area contributed by atoms with Crippen molar-refractivity contribution in [2.75, 3.05) is 6.54 Å². The number of nitrogens with one attached hydrogen (secondary N) is 1. The van der Waals surface area contributed by atoms with Crippen LogP contribution in [0.15, 0.2) is 36.5 Å². The number of aromatic nitrogens is 3. The highest BCUT2D eigenvalue weighted by Crippen LogP contribution is 2.19. The van der Waals surface area contributed by atoms with E-state index in [0.29, 0.717) is 16.7 Å². The average molecular weight is 301 g/mol. The van der Waals surface area contributed by atoms with Gasteiger partial charge in [0.15, 0.2) is 17.3 Å². The van der Waals surface area contributed by atoms with E-state index in [0.717, 1.165) is 6.07 Å². The Balaban J connectivity index is 2.11. The molecule has 1 aromatic carbocycles. The third-order valence-corrected chi connectivity index (χ3v) is 3.35. The lowest BCUT2D eigenvalue weighted by molar-refractivity contribution is 0.493. The van der Waals surface area contributed by atoms with E-state index in [4.69, 9.17) is 11.1 Å². The summed E-state index contributed by atoms with van der Waals surface area (Å²) in [6.45, 7) is 0.0598. The quantitative estimate of drug-likeness (QED) is 0.724. The van der Waals surface area contributed by atoms with Crippen molar-refractivity contribution < 1.29 is 8.78 Å². The fourth-order valence-corrected chi connectivity index (χ4v) is 2.27. The minimum Gasteiger partial charge on any atom is -0.325 e. The normalized spacial score (nSPS) is 11.0. The first kappa shape index (κ1) is 14.3. The number of hydrogen-bond donors (Lipinski definition) is 2. The number of nitrogens with two attached hydrogens (primary N) is 1. The van der Waals surface area contributed by atoms with Gasteiger partial charge in [-0.3, -0.25) is 0 Å². The van der Waals surface area contributed by atoms with Gasteiger partial charge in [-0.25, -0.2) is 18.4 Å². The highest BCUT2D eigenvalue weighted by atomic mass is 19.2. The van der Waals surface area contributed by atoms with Gasteiger partial charge >= 0.3 is 0 Å². The first-order valence-electron chi connectivity index (χ1n) is 6.64. The summed E-state index contributed by atoms with van der Waals surface area (Å²) in [5.74, 6) is -1.81. The lowest BCUT2D eigenvalue weighted by Gasteiger charge is -2.05. The lowest BCUT2D eigenvalue weighted by Crippen LogP contribution is -2.15. The molecule has 2 heterocycles. The molecule has 0 unspecified atom stereocenters. The van der Waals surface area contributed by atoms with Crippen LogP contribution < -0.4 is 5.73 Å². The number of benzene rings is 1. The van der Waals surface area contributed by atoms with Crippen molar-refractivity contribution >= 4 is 16.7 Å². The summed E-state index contributed by atoms with van der Waals surface area (Å²) in [6.07, 6.45) is 1.58. The van der Waals surface area contributed by atoms with Crippen molar-refractivity contribution in [2.45, 2.75) is 6.54 Å². The van der Waals surface area contributed by atoms with Crippen molar-refractivity contribution in [3.05, 3.63) is 59.4 Å². The molecular weight excluding hydrogens is 288 g/mol. The summed E-state index contributed by atoms with van der Waals surface area (Å²) < 4.78 is 28.6. The van der Waals surface area contributed by atoms with Gasteiger partial charge in [0.2, 0.25) is 0 Å². The molecule has 0 fully saturated rings. The Kier molecular flexibility index (Phi) is 3.64. The van der Waals surface area contributed by atoms with E-state index < -0.39 is 11.6 Å². The van der Waals surface area contributed by atoms with Crippen LogP contribution in [-0.2, 0) is 6.54 Å². The zero-order valence-corrected chi connectivity index (χ0v) is 11.6. The van der Waals surface area contributed by atoms with Crippen molar-refractivity contribution in [3.63, 3.8) is 0 Å². The molecule has 0 spiro atoms. The number of pyridine rings is 1. The van der Waals surface area contributed by atoms with Crippen LogP contribution in [0.5, 0.6) is 0 Å². The fourth-order valence-electron chi connectivity index (χ4n) is 2.27. The molecule has 7 heteroatoms. The van der Waals surface area contributed by atoms with Crippen LogP contribution in [0.1, 0.15) is 11.3 Å². The minimum absolute atomic E-state index is 0.0228. The van der Waals surface area contributed by atoms with Gasteiger partial charge in [0.1, 0.15) is 5.69 Å². The standard InChI is InChI=1S/C15H13F2N5/c16-11-5-1-3-9(13(11)17)8-22-15-10(4-2-6-20-15)14(21-22)12(19)7-18/h1-6,19H,7-8,18H2. The third-order valence-electron chi connectivity index (χ3n) is 3.35. The van der Waals surface area contributed by atoms with E-state index in [9.17, 15) is 8.78 Å². The lowest BCUT2D eigenvalue weighted by atomic mass is 10.2. The van der Waals surface area contributed by atoms with E-state index >= 15 is 0 Å². The second kappa shape index (κ2) is 5.61. The van der Waals surface area contributed by atoms with Gasteiger partial charge in [-0.2, -0.15) is 5.10 Å². The van der Waals surface area contributed by atoms with Crippen LogP contribution in [-0.4, -0.2) is 27.0 Å². The molecule has 5 nitrogen and oxygen atoms in total. The van der Waals surface area contributed by atoms with Crippen molar-refractivity contribution in [3.8, 4) is 0 Å². The van der Waals surface area contributed by atoms with Crippen LogP contribution in [0.4, 0.5) is 8.78 Å². The topological polar surface area (TPSA) is 80.6 Å². The van der Waals surface area contributed by atoms with Crippen LogP contribution in [0.3, 0.4) is 0 Å². The Morgan fingerprint density at radius 2 is 2.05 bits per heavy atom. The van der Waals surface area contributed by atoms with E-state index in [1.807, 2.05) is 0 Å². The van der Waals surface area contributed by atoms with Crippen LogP contribution >= 0.6 is 0 Å². The molecule has 0 radical (unpaired) electrons. The van der Waals surface area contributed by atoms with Gasteiger partial charge in [0.25, 0.3) is 0 Å². The Morgan fingerprint density at radius 3 is 2.82 bits per heavy atom. The Bertz CT molecular complexity index is 856. The van der Waals surface area contributed by atoms with Crippen molar-refractivity contribution in [1.82, 2.24) is 14.8 Å². The highest BCUT2D eigenvalue weighted by Gasteiger charge is 2.16. The van der Waals surface area contributed by atoms with Gasteiger partial charge < -0.3 is 11.1 Å². The average Bonchev–Trinajstić information content (AvgIpc) is 2.90. The zero-order chi connectivity index (χ0) is 15.7. The maximum atomic E-state index is 13.8. The second-order valence-corrected chi connectivity index (χ2v) is 4.78. The molecule has 112 valence electrons. The third kappa shape index (κ3) is 2.35. The summed E-state index contributed by atoms with van der Waals surface area (Å²) in [7, 11) is 0. The van der Waals surface area contributed by atoms with Crippen LogP contribution in [0, 0.1) is 17.0 Å². The second-order valence-electron chi connectivity index (χ2n) is 4.78. The molecular formula is C15H13F2N5. The highest BCUT2D eigenvalue weighted by molar-refractivity contribution is 6.07. The molecule has 0 saturated carbocycles. The molecule has 22 heavy (non-hydrogen) atoms. The molecule has 3 aromatic rings. The Morgan fingerprint density at radius 1 is 1.23 bits per heavy atom. The largest absolute Gasteiger partial charge is 0.325 e. The SMILES string of the molecule is N=C(CN)c1nn(Cc2cccc(F)c2F)c2ncccc12. The predicted octanol–water partition coefficient (Wildman–Crippen LogP) is 2.08. The number of hydrogen-bond acceptors (Lipinski definition) is 4. The smallest absolute Gasteiger partial charge is 0.163 e. The van der Waals surface area contributed by atoms with Crippen molar-refractivity contribution in [1.29, 1.82) is 5.41 Å². The van der Waals surface area contributed by atoms with E-state index in [-0.39, 0.29) is 24.4 Å². The molecule has 0 aliphatic heterocycles. The molecule has 0 aliphatic rings. The van der Waals surface area contributed by atoms with Crippen LogP contribution in [0.2, 0.25) is 0 Å². The monoisotopic (exact) mass is 301 g/mol. The molecule has 0 aliphatic carbocycles. The summed E-state index contributed by atoms with van der Waals surface area (Å²) in [6, 6.07) is 7.49. The number of fused-ring (bicyclic) bond motifs is 1. The van der Waals surface area contributed by atoms with Gasteiger partial charge in [0.05, 0.1) is 12.3 Å². The van der Waals surface area contributed by atoms with Crippen LogP contribution in [0.25, 0.3) is 11.0 Å². The molecule has 3 N–H and O–H groups in total. The minimum atomic E-state index is -0.906. The number of halogens is 2. The summed E-state index contributed by atoms with van der Waals surface area (Å²) >= 11 is 0. The summed E-state index contributed by atoms with van der Waals surface area (Å²) in [5, 5.41) is 12.8. The molecule has 0 bridgehead atoms. The molecule has 0 atom stereocenters. The molecule has 3 rings (SSSR count).